The third kappa shape index (κ3) is 1.92. The third-order valence-electron chi connectivity index (χ3n) is 2.83. The van der Waals surface area contributed by atoms with Crippen molar-refractivity contribution in [2.75, 3.05) is 11.9 Å². The van der Waals surface area contributed by atoms with Crippen LogP contribution in [0.4, 0.5) is 5.82 Å². The van der Waals surface area contributed by atoms with Crippen molar-refractivity contribution in [3.63, 3.8) is 0 Å². The molecule has 0 aliphatic carbocycles. The van der Waals surface area contributed by atoms with E-state index < -0.39 is 0 Å². The molecule has 3 heterocycles. The van der Waals surface area contributed by atoms with Crippen molar-refractivity contribution in [3.05, 3.63) is 36.7 Å². The first-order valence-electron chi connectivity index (χ1n) is 5.73. The van der Waals surface area contributed by atoms with Crippen molar-refractivity contribution in [1.82, 2.24) is 19.7 Å². The van der Waals surface area contributed by atoms with Crippen LogP contribution in [0.2, 0.25) is 0 Å². The number of nitrogens with zero attached hydrogens (tertiary/aromatic N) is 4. The predicted molar refractivity (Wildman–Crippen MR) is 67.2 cm³/mol. The molecule has 3 aromatic rings. The molecule has 0 saturated heterocycles. The van der Waals surface area contributed by atoms with Gasteiger partial charge in [0.1, 0.15) is 23.6 Å². The highest BCUT2D eigenvalue weighted by Crippen LogP contribution is 2.21. The van der Waals surface area contributed by atoms with E-state index in [4.69, 9.17) is 4.42 Å². The van der Waals surface area contributed by atoms with Crippen LogP contribution in [0.1, 0.15) is 5.82 Å². The maximum atomic E-state index is 5.32. The molecule has 0 aliphatic rings. The van der Waals surface area contributed by atoms with Gasteiger partial charge >= 0.3 is 0 Å². The molecule has 0 unspecified atom stereocenters. The second-order valence-electron chi connectivity index (χ2n) is 4.03. The van der Waals surface area contributed by atoms with E-state index in [1.54, 1.807) is 18.8 Å². The van der Waals surface area contributed by atoms with Crippen LogP contribution >= 0.6 is 0 Å². The third-order valence-corrected chi connectivity index (χ3v) is 2.83. The second kappa shape index (κ2) is 4.48. The fourth-order valence-corrected chi connectivity index (χ4v) is 1.86. The summed E-state index contributed by atoms with van der Waals surface area (Å²) in [5, 5.41) is 12.2. The highest BCUT2D eigenvalue weighted by molar-refractivity contribution is 5.87. The summed E-state index contributed by atoms with van der Waals surface area (Å²) in [4.78, 5) is 4.31. The molecule has 0 saturated carbocycles. The van der Waals surface area contributed by atoms with Crippen molar-refractivity contribution in [2.45, 2.75) is 6.42 Å². The Labute approximate surface area is 104 Å². The Morgan fingerprint density at radius 3 is 3.17 bits per heavy atom. The number of hydrogen-bond acceptors (Lipinski definition) is 5. The smallest absolute Gasteiger partial charge is 0.139 e. The minimum Gasteiger partial charge on any atom is -0.464 e. The van der Waals surface area contributed by atoms with Gasteiger partial charge in [0.25, 0.3) is 0 Å². The summed E-state index contributed by atoms with van der Waals surface area (Å²) in [5.41, 5.74) is 0.839. The van der Waals surface area contributed by atoms with E-state index >= 15 is 0 Å². The van der Waals surface area contributed by atoms with Crippen molar-refractivity contribution in [1.29, 1.82) is 0 Å². The van der Waals surface area contributed by atoms with Gasteiger partial charge in [0.15, 0.2) is 0 Å². The Bertz CT molecular complexity index is 657. The average molecular weight is 243 g/mol. The van der Waals surface area contributed by atoms with E-state index in [2.05, 4.69) is 20.5 Å². The van der Waals surface area contributed by atoms with Gasteiger partial charge in [-0.3, -0.25) is 0 Å². The summed E-state index contributed by atoms with van der Waals surface area (Å²) in [5.74, 6) is 1.78. The van der Waals surface area contributed by atoms with Gasteiger partial charge in [-0.05, 0) is 12.1 Å². The fourth-order valence-electron chi connectivity index (χ4n) is 1.86. The first-order chi connectivity index (χ1) is 8.84. The molecule has 0 amide bonds. The van der Waals surface area contributed by atoms with Crippen LogP contribution in [-0.2, 0) is 13.5 Å². The molecule has 6 heteroatoms. The van der Waals surface area contributed by atoms with Crippen molar-refractivity contribution in [3.8, 4) is 0 Å². The van der Waals surface area contributed by atoms with E-state index in [-0.39, 0.29) is 0 Å². The maximum absolute atomic E-state index is 5.32. The van der Waals surface area contributed by atoms with E-state index in [0.29, 0.717) is 0 Å². The maximum Gasteiger partial charge on any atom is 0.139 e. The van der Waals surface area contributed by atoms with Crippen LogP contribution in [0.5, 0.6) is 0 Å². The summed E-state index contributed by atoms with van der Waals surface area (Å²) >= 11 is 0. The Morgan fingerprint density at radius 2 is 2.33 bits per heavy atom. The molecule has 0 atom stereocenters. The van der Waals surface area contributed by atoms with Crippen LogP contribution in [0.15, 0.2) is 35.3 Å². The van der Waals surface area contributed by atoms with Gasteiger partial charge in [-0.1, -0.05) is 0 Å². The zero-order valence-electron chi connectivity index (χ0n) is 10.00. The quantitative estimate of drug-likeness (QED) is 0.754. The topological polar surface area (TPSA) is 68.8 Å². The molecular weight excluding hydrogens is 230 g/mol. The summed E-state index contributed by atoms with van der Waals surface area (Å²) in [6, 6.07) is 3.76. The van der Waals surface area contributed by atoms with Crippen molar-refractivity contribution in [2.24, 2.45) is 7.05 Å². The summed E-state index contributed by atoms with van der Waals surface area (Å²) in [6.07, 6.45) is 5.90. The monoisotopic (exact) mass is 243 g/mol. The molecule has 1 N–H and O–H groups in total. The first kappa shape index (κ1) is 10.8. The second-order valence-corrected chi connectivity index (χ2v) is 4.03. The lowest BCUT2D eigenvalue weighted by Gasteiger charge is -2.05. The highest BCUT2D eigenvalue weighted by Gasteiger charge is 2.05. The molecule has 0 fully saturated rings. The number of anilines is 1. The Kier molecular flexibility index (Phi) is 2.68. The van der Waals surface area contributed by atoms with Crippen LogP contribution in [0.25, 0.3) is 11.0 Å². The molecule has 0 radical (unpaired) electrons. The molecule has 92 valence electrons. The number of aryl methyl sites for hydroxylation is 1. The number of fused-ring (bicyclic) bond motifs is 1. The summed E-state index contributed by atoms with van der Waals surface area (Å²) < 4.78 is 7.23. The summed E-state index contributed by atoms with van der Waals surface area (Å²) in [7, 11) is 1.93. The molecule has 0 bridgehead atoms. The largest absolute Gasteiger partial charge is 0.464 e. The van der Waals surface area contributed by atoms with E-state index in [0.717, 1.165) is 35.6 Å². The van der Waals surface area contributed by atoms with E-state index in [9.17, 15) is 0 Å². The van der Waals surface area contributed by atoms with Crippen LogP contribution in [-0.4, -0.2) is 26.3 Å². The van der Waals surface area contributed by atoms with Gasteiger partial charge in [-0.2, -0.15) is 0 Å². The zero-order valence-corrected chi connectivity index (χ0v) is 10.00. The molecule has 3 rings (SSSR count). The standard InChI is InChI=1S/C12H13N5O/c1-17-8-15-16-11(17)3-6-14-12-9-4-7-18-10(9)2-5-13-12/h2,4-5,7-8H,3,6H2,1H3,(H,13,14). The van der Waals surface area contributed by atoms with E-state index in [1.165, 1.54) is 0 Å². The van der Waals surface area contributed by atoms with Crippen molar-refractivity contribution < 1.29 is 4.42 Å². The van der Waals surface area contributed by atoms with Gasteiger partial charge in [0.05, 0.1) is 11.6 Å². The number of rotatable bonds is 4. The van der Waals surface area contributed by atoms with Gasteiger partial charge in [0, 0.05) is 26.2 Å². The number of nitrogens with one attached hydrogen (secondary N) is 1. The van der Waals surface area contributed by atoms with E-state index in [1.807, 2.05) is 23.7 Å². The molecule has 0 spiro atoms. The molecule has 6 nitrogen and oxygen atoms in total. The first-order valence-corrected chi connectivity index (χ1v) is 5.73. The average Bonchev–Trinajstić information content (AvgIpc) is 2.99. The fraction of sp³-hybridized carbons (Fsp3) is 0.250. The number of pyridine rings is 1. The van der Waals surface area contributed by atoms with Crippen molar-refractivity contribution >= 4 is 16.8 Å². The summed E-state index contributed by atoms with van der Waals surface area (Å²) in [6.45, 7) is 0.754. The minimum absolute atomic E-state index is 0.754. The van der Waals surface area contributed by atoms with Gasteiger partial charge < -0.3 is 14.3 Å². The molecular formula is C12H13N5O. The zero-order chi connectivity index (χ0) is 12.4. The Hall–Kier alpha value is -2.37. The lowest BCUT2D eigenvalue weighted by atomic mass is 10.3. The highest BCUT2D eigenvalue weighted by atomic mass is 16.3. The molecule has 18 heavy (non-hydrogen) atoms. The minimum atomic E-state index is 0.754. The lowest BCUT2D eigenvalue weighted by Crippen LogP contribution is -2.09. The Balaban J connectivity index is 1.70. The number of hydrogen-bond donors (Lipinski definition) is 1. The van der Waals surface area contributed by atoms with Gasteiger partial charge in [-0.15, -0.1) is 10.2 Å². The van der Waals surface area contributed by atoms with Gasteiger partial charge in [-0.25, -0.2) is 4.98 Å². The predicted octanol–water partition coefficient (Wildman–Crippen LogP) is 1.61. The van der Waals surface area contributed by atoms with Gasteiger partial charge in [0.2, 0.25) is 0 Å². The molecule has 0 aromatic carbocycles. The number of furan rings is 1. The molecule has 3 aromatic heterocycles. The number of aromatic nitrogens is 4. The normalized spacial score (nSPS) is 10.9. The van der Waals surface area contributed by atoms with Crippen LogP contribution in [0.3, 0.4) is 0 Å². The SMILES string of the molecule is Cn1cnnc1CCNc1nccc2occc12. The van der Waals surface area contributed by atoms with Crippen LogP contribution < -0.4 is 5.32 Å². The Morgan fingerprint density at radius 1 is 1.39 bits per heavy atom. The molecule has 0 aliphatic heterocycles. The van der Waals surface area contributed by atoms with Crippen LogP contribution in [0, 0.1) is 0 Å². The lowest BCUT2D eigenvalue weighted by molar-refractivity contribution is 0.615.